The third-order valence-electron chi connectivity index (χ3n) is 2.90. The molecule has 0 aliphatic carbocycles. The van der Waals surface area contributed by atoms with E-state index in [1.165, 1.54) is 19.1 Å². The van der Waals surface area contributed by atoms with Crippen LogP contribution in [0.4, 0.5) is 5.69 Å². The van der Waals surface area contributed by atoms with Crippen LogP contribution in [-0.2, 0) is 4.79 Å². The number of aliphatic hydroxyl groups is 2. The number of hydrogen-bond acceptors (Lipinski definition) is 6. The lowest BCUT2D eigenvalue weighted by molar-refractivity contribution is -0.385. The highest BCUT2D eigenvalue weighted by Gasteiger charge is 2.22. The molecule has 0 spiro atoms. The van der Waals surface area contributed by atoms with Crippen molar-refractivity contribution in [2.45, 2.75) is 25.6 Å². The van der Waals surface area contributed by atoms with Crippen molar-refractivity contribution in [1.29, 1.82) is 0 Å². The van der Waals surface area contributed by atoms with Crippen LogP contribution in [0.25, 0.3) is 0 Å². The molecule has 1 rings (SSSR count). The smallest absolute Gasteiger partial charge is 0.280 e. The van der Waals surface area contributed by atoms with Crippen LogP contribution in [0.3, 0.4) is 0 Å². The summed E-state index contributed by atoms with van der Waals surface area (Å²) in [5.41, 5.74) is -0.415. The van der Waals surface area contributed by atoms with Gasteiger partial charge in [-0.2, -0.15) is 0 Å². The Morgan fingerprint density at radius 2 is 2.14 bits per heavy atom. The highest BCUT2D eigenvalue weighted by atomic mass is 16.6. The van der Waals surface area contributed by atoms with Crippen molar-refractivity contribution in [2.24, 2.45) is 0 Å². The first kappa shape index (κ1) is 16.7. The molecule has 1 aromatic carbocycles. The molecule has 1 amide bonds. The van der Waals surface area contributed by atoms with Crippen LogP contribution in [0, 0.1) is 10.1 Å². The van der Waals surface area contributed by atoms with Gasteiger partial charge in [0.15, 0.2) is 6.29 Å². The number of carbonyl (C=O) groups excluding carboxylic acids is 2. The van der Waals surface area contributed by atoms with E-state index in [0.29, 0.717) is 6.29 Å². The minimum atomic E-state index is -1.35. The lowest BCUT2D eigenvalue weighted by Crippen LogP contribution is -2.27. The predicted octanol–water partition coefficient (Wildman–Crippen LogP) is 0.328. The van der Waals surface area contributed by atoms with Gasteiger partial charge in [0.1, 0.15) is 6.10 Å². The molecule has 1 aromatic rings. The number of nitrogens with one attached hydrogen (secondary N) is 1. The number of nitro groups is 1. The zero-order chi connectivity index (χ0) is 16.0. The van der Waals surface area contributed by atoms with Crippen molar-refractivity contribution < 1.29 is 24.7 Å². The molecular formula is C13H16N2O6. The maximum absolute atomic E-state index is 10.8. The molecule has 0 fully saturated rings. The van der Waals surface area contributed by atoms with Crippen molar-refractivity contribution in [3.8, 4) is 0 Å². The van der Waals surface area contributed by atoms with Gasteiger partial charge in [0.2, 0.25) is 5.91 Å². The lowest BCUT2D eigenvalue weighted by atomic mass is 10.00. The van der Waals surface area contributed by atoms with E-state index < -0.39 is 22.8 Å². The lowest BCUT2D eigenvalue weighted by Gasteiger charge is -2.18. The number of carbonyl (C=O) groups is 2. The average Bonchev–Trinajstić information content (AvgIpc) is 2.45. The topological polar surface area (TPSA) is 130 Å². The van der Waals surface area contributed by atoms with Gasteiger partial charge in [-0.15, -0.1) is 0 Å². The number of nitro benzene ring substituents is 1. The molecule has 0 saturated heterocycles. The zero-order valence-corrected chi connectivity index (χ0v) is 11.4. The first-order valence-corrected chi connectivity index (χ1v) is 6.21. The quantitative estimate of drug-likeness (QED) is 0.377. The fraction of sp³-hybridized carbons (Fsp3) is 0.385. The van der Waals surface area contributed by atoms with E-state index in [2.05, 4.69) is 5.32 Å². The SMILES string of the molecule is CC(=O)NCCC(O)C(O)c1ccc(C=O)c([N+](=O)[O-])c1. The Bertz CT molecular complexity index is 545. The number of amides is 1. The summed E-state index contributed by atoms with van der Waals surface area (Å²) in [4.78, 5) is 31.5. The van der Waals surface area contributed by atoms with Gasteiger partial charge in [-0.25, -0.2) is 0 Å². The van der Waals surface area contributed by atoms with Crippen molar-refractivity contribution in [2.75, 3.05) is 6.54 Å². The van der Waals surface area contributed by atoms with Crippen molar-refractivity contribution in [3.05, 3.63) is 39.4 Å². The second-order valence-electron chi connectivity index (χ2n) is 4.48. The summed E-state index contributed by atoms with van der Waals surface area (Å²) < 4.78 is 0. The third-order valence-corrected chi connectivity index (χ3v) is 2.90. The molecule has 2 unspecified atom stereocenters. The number of nitrogens with zero attached hydrogens (tertiary/aromatic N) is 1. The molecule has 114 valence electrons. The van der Waals surface area contributed by atoms with Crippen LogP contribution in [0.5, 0.6) is 0 Å². The zero-order valence-electron chi connectivity index (χ0n) is 11.4. The van der Waals surface area contributed by atoms with Gasteiger partial charge in [-0.05, 0) is 18.1 Å². The minimum absolute atomic E-state index is 0.0873. The van der Waals surface area contributed by atoms with Gasteiger partial charge < -0.3 is 15.5 Å². The van der Waals surface area contributed by atoms with Crippen LogP contribution < -0.4 is 5.32 Å². The van der Waals surface area contributed by atoms with Gasteiger partial charge in [0.25, 0.3) is 5.69 Å². The first-order chi connectivity index (χ1) is 9.86. The number of aldehydes is 1. The van der Waals surface area contributed by atoms with Crippen LogP contribution in [-0.4, -0.2) is 40.0 Å². The highest BCUT2D eigenvalue weighted by Crippen LogP contribution is 2.25. The third kappa shape index (κ3) is 4.62. The summed E-state index contributed by atoms with van der Waals surface area (Å²) in [6.45, 7) is 1.49. The van der Waals surface area contributed by atoms with Gasteiger partial charge in [-0.3, -0.25) is 19.7 Å². The number of aliphatic hydroxyl groups excluding tert-OH is 2. The Kier molecular flexibility index (Phi) is 5.94. The highest BCUT2D eigenvalue weighted by molar-refractivity contribution is 5.81. The summed E-state index contributed by atoms with van der Waals surface area (Å²) in [5, 5.41) is 33.0. The normalized spacial score (nSPS) is 13.3. The van der Waals surface area contributed by atoms with Gasteiger partial charge in [0.05, 0.1) is 16.6 Å². The Labute approximate surface area is 120 Å². The van der Waals surface area contributed by atoms with E-state index in [1.807, 2.05) is 0 Å². The number of hydrogen-bond donors (Lipinski definition) is 3. The van der Waals surface area contributed by atoms with E-state index in [9.17, 15) is 29.9 Å². The maximum atomic E-state index is 10.8. The average molecular weight is 296 g/mol. The molecule has 8 nitrogen and oxygen atoms in total. The molecule has 0 aromatic heterocycles. The molecule has 8 heteroatoms. The molecule has 0 heterocycles. The van der Waals surface area contributed by atoms with Crippen LogP contribution in [0.2, 0.25) is 0 Å². The maximum Gasteiger partial charge on any atom is 0.280 e. The molecule has 0 aliphatic rings. The molecule has 3 N–H and O–H groups in total. The van der Waals surface area contributed by atoms with E-state index in [4.69, 9.17) is 0 Å². The second kappa shape index (κ2) is 7.46. The van der Waals surface area contributed by atoms with Crippen LogP contribution in [0.1, 0.15) is 35.4 Å². The molecule has 0 radical (unpaired) electrons. The summed E-state index contributed by atoms with van der Waals surface area (Å²) in [5.74, 6) is -0.261. The molecule has 2 atom stereocenters. The fourth-order valence-corrected chi connectivity index (χ4v) is 1.78. The largest absolute Gasteiger partial charge is 0.390 e. The number of rotatable bonds is 7. The number of benzene rings is 1. The Hall–Kier alpha value is -2.32. The summed E-state index contributed by atoms with van der Waals surface area (Å²) >= 11 is 0. The molecule has 0 aliphatic heterocycles. The van der Waals surface area contributed by atoms with E-state index in [-0.39, 0.29) is 30.0 Å². The van der Waals surface area contributed by atoms with E-state index >= 15 is 0 Å². The minimum Gasteiger partial charge on any atom is -0.390 e. The first-order valence-electron chi connectivity index (χ1n) is 6.21. The summed E-state index contributed by atoms with van der Waals surface area (Å²) in [7, 11) is 0. The van der Waals surface area contributed by atoms with Gasteiger partial charge >= 0.3 is 0 Å². The van der Waals surface area contributed by atoms with E-state index in [0.717, 1.165) is 6.07 Å². The monoisotopic (exact) mass is 296 g/mol. The molecular weight excluding hydrogens is 280 g/mol. The second-order valence-corrected chi connectivity index (χ2v) is 4.48. The Balaban J connectivity index is 2.84. The standard InChI is InChI=1S/C13H16N2O6/c1-8(17)14-5-4-12(18)13(19)9-2-3-10(7-16)11(6-9)15(20)21/h2-3,6-7,12-13,18-19H,4-5H2,1H3,(H,14,17). The Morgan fingerprint density at radius 1 is 1.48 bits per heavy atom. The molecule has 0 bridgehead atoms. The summed E-state index contributed by atoms with van der Waals surface area (Å²) in [6.07, 6.45) is -2.11. The van der Waals surface area contributed by atoms with E-state index in [1.54, 1.807) is 0 Å². The molecule has 21 heavy (non-hydrogen) atoms. The Morgan fingerprint density at radius 3 is 2.67 bits per heavy atom. The van der Waals surface area contributed by atoms with Crippen molar-refractivity contribution in [3.63, 3.8) is 0 Å². The van der Waals surface area contributed by atoms with Gasteiger partial charge in [-0.1, -0.05) is 6.07 Å². The van der Waals surface area contributed by atoms with Crippen LogP contribution in [0.15, 0.2) is 18.2 Å². The van der Waals surface area contributed by atoms with Crippen LogP contribution >= 0.6 is 0 Å². The summed E-state index contributed by atoms with van der Waals surface area (Å²) in [6, 6.07) is 3.60. The van der Waals surface area contributed by atoms with Crippen molar-refractivity contribution in [1.82, 2.24) is 5.32 Å². The van der Waals surface area contributed by atoms with Crippen molar-refractivity contribution >= 4 is 17.9 Å². The molecule has 0 saturated carbocycles. The predicted molar refractivity (Wildman–Crippen MR) is 72.8 cm³/mol. The van der Waals surface area contributed by atoms with Gasteiger partial charge in [0, 0.05) is 19.5 Å². The fourth-order valence-electron chi connectivity index (χ4n) is 1.78.